The number of fused-ring (bicyclic) bond motifs is 1. The molecule has 2 aromatic rings. The Morgan fingerprint density at radius 1 is 1.35 bits per heavy atom. The van der Waals surface area contributed by atoms with E-state index in [0.29, 0.717) is 23.6 Å². The zero-order valence-corrected chi connectivity index (χ0v) is 15.4. The quantitative estimate of drug-likeness (QED) is 0.819. The molecule has 0 saturated carbocycles. The van der Waals surface area contributed by atoms with Crippen LogP contribution in [0.3, 0.4) is 0 Å². The second-order valence-electron chi connectivity index (χ2n) is 6.27. The van der Waals surface area contributed by atoms with Gasteiger partial charge in [0, 0.05) is 36.5 Å². The molecule has 0 spiro atoms. The van der Waals surface area contributed by atoms with E-state index in [-0.39, 0.29) is 12.5 Å². The summed E-state index contributed by atoms with van der Waals surface area (Å²) >= 11 is 0. The largest absolute Gasteiger partial charge is 0.496 e. The first-order valence-corrected chi connectivity index (χ1v) is 8.36. The number of aliphatic hydroxyl groups is 1. The van der Waals surface area contributed by atoms with Gasteiger partial charge in [0.2, 0.25) is 5.91 Å². The molecule has 2 unspecified atom stereocenters. The summed E-state index contributed by atoms with van der Waals surface area (Å²) in [5, 5.41) is 17.8. The van der Waals surface area contributed by atoms with Crippen molar-refractivity contribution in [2.45, 2.75) is 18.7 Å². The molecule has 3 rings (SSSR count). The van der Waals surface area contributed by atoms with E-state index < -0.39 is 12.1 Å². The first-order valence-electron chi connectivity index (χ1n) is 8.36. The number of ether oxygens (including phenoxy) is 2. The monoisotopic (exact) mass is 360 g/mol. The van der Waals surface area contributed by atoms with Gasteiger partial charge in [0.25, 0.3) is 0 Å². The third-order valence-corrected chi connectivity index (χ3v) is 4.69. The van der Waals surface area contributed by atoms with Gasteiger partial charge in [0.05, 0.1) is 27.0 Å². The molecule has 0 radical (unpaired) electrons. The number of β-amino-alcohol motifs (C(OH)–C–C–N with tert-alkyl or cyclic N) is 1. The number of hydrogen-bond donors (Lipinski definition) is 2. The number of carbonyl (C=O) groups is 1. The van der Waals surface area contributed by atoms with Crippen molar-refractivity contribution in [3.05, 3.63) is 41.2 Å². The maximum Gasteiger partial charge on any atom is 0.244 e. The van der Waals surface area contributed by atoms with Crippen molar-refractivity contribution in [3.63, 3.8) is 0 Å². The normalized spacial score (nSPS) is 17.6. The molecule has 2 heterocycles. The first-order chi connectivity index (χ1) is 12.5. The minimum Gasteiger partial charge on any atom is -0.496 e. The minimum atomic E-state index is -0.848. The highest BCUT2D eigenvalue weighted by Crippen LogP contribution is 2.39. The first kappa shape index (κ1) is 18.2. The van der Waals surface area contributed by atoms with E-state index in [1.165, 1.54) is 0 Å². The van der Waals surface area contributed by atoms with E-state index in [9.17, 15) is 9.90 Å². The summed E-state index contributed by atoms with van der Waals surface area (Å²) in [6, 6.07) is 3.02. The molecule has 8 nitrogen and oxygen atoms in total. The molecular weight excluding hydrogens is 336 g/mol. The van der Waals surface area contributed by atoms with Crippen molar-refractivity contribution in [2.24, 2.45) is 7.05 Å². The summed E-state index contributed by atoms with van der Waals surface area (Å²) in [5.74, 6) is 1.09. The SMILES string of the molecule is CNC(C(=O)N1Cc2c(OC)ccc(OC)c2C(O)C1)c1cnn(C)c1. The predicted octanol–water partition coefficient (Wildman–Crippen LogP) is 0.774. The van der Waals surface area contributed by atoms with Crippen molar-refractivity contribution < 1.29 is 19.4 Å². The van der Waals surface area contributed by atoms with Crippen LogP contribution in [0.2, 0.25) is 0 Å². The summed E-state index contributed by atoms with van der Waals surface area (Å²) in [7, 11) is 6.67. The number of amides is 1. The van der Waals surface area contributed by atoms with Gasteiger partial charge >= 0.3 is 0 Å². The maximum absolute atomic E-state index is 13.1. The van der Waals surface area contributed by atoms with Crippen molar-refractivity contribution >= 4 is 5.91 Å². The van der Waals surface area contributed by atoms with E-state index in [1.807, 2.05) is 0 Å². The zero-order chi connectivity index (χ0) is 18.8. The highest BCUT2D eigenvalue weighted by atomic mass is 16.5. The highest BCUT2D eigenvalue weighted by Gasteiger charge is 2.34. The number of methoxy groups -OCH3 is 2. The molecule has 1 amide bonds. The molecule has 1 aromatic carbocycles. The van der Waals surface area contributed by atoms with Crippen LogP contribution in [0.25, 0.3) is 0 Å². The maximum atomic E-state index is 13.1. The Bertz CT molecular complexity index is 804. The lowest BCUT2D eigenvalue weighted by molar-refractivity contribution is -0.136. The number of aromatic nitrogens is 2. The fourth-order valence-corrected chi connectivity index (χ4v) is 3.45. The molecule has 1 aromatic heterocycles. The number of aryl methyl sites for hydroxylation is 1. The molecule has 0 bridgehead atoms. The van der Waals surface area contributed by atoms with Crippen LogP contribution in [-0.2, 0) is 18.4 Å². The Labute approximate surface area is 152 Å². The molecule has 1 aliphatic rings. The number of benzene rings is 1. The summed E-state index contributed by atoms with van der Waals surface area (Å²) in [6.45, 7) is 0.526. The number of hydrogen-bond acceptors (Lipinski definition) is 6. The molecule has 140 valence electrons. The summed E-state index contributed by atoms with van der Waals surface area (Å²) in [4.78, 5) is 14.7. The fourth-order valence-electron chi connectivity index (χ4n) is 3.45. The van der Waals surface area contributed by atoms with Crippen LogP contribution < -0.4 is 14.8 Å². The standard InChI is InChI=1S/C18H24N4O4/c1-19-17(11-7-20-21(2)8-11)18(24)22-9-12-14(25-3)5-6-15(26-4)16(12)13(23)10-22/h5-8,13,17,19,23H,9-10H2,1-4H3. The lowest BCUT2D eigenvalue weighted by Gasteiger charge is -2.35. The van der Waals surface area contributed by atoms with Gasteiger partial charge in [-0.05, 0) is 19.2 Å². The van der Waals surface area contributed by atoms with Crippen LogP contribution in [0.1, 0.15) is 28.8 Å². The van der Waals surface area contributed by atoms with Crippen LogP contribution in [0.5, 0.6) is 11.5 Å². The van der Waals surface area contributed by atoms with Crippen LogP contribution >= 0.6 is 0 Å². The van der Waals surface area contributed by atoms with Gasteiger partial charge in [-0.15, -0.1) is 0 Å². The molecule has 2 atom stereocenters. The van der Waals surface area contributed by atoms with Crippen molar-refractivity contribution in [1.82, 2.24) is 20.0 Å². The van der Waals surface area contributed by atoms with E-state index in [2.05, 4.69) is 10.4 Å². The average molecular weight is 360 g/mol. The van der Waals surface area contributed by atoms with Crippen molar-refractivity contribution in [1.29, 1.82) is 0 Å². The van der Waals surface area contributed by atoms with Gasteiger partial charge in [-0.3, -0.25) is 9.48 Å². The highest BCUT2D eigenvalue weighted by molar-refractivity contribution is 5.83. The third-order valence-electron chi connectivity index (χ3n) is 4.69. The minimum absolute atomic E-state index is 0.130. The fraction of sp³-hybridized carbons (Fsp3) is 0.444. The lowest BCUT2D eigenvalue weighted by Crippen LogP contribution is -2.44. The molecule has 0 fully saturated rings. The second-order valence-corrected chi connectivity index (χ2v) is 6.27. The number of nitrogens with one attached hydrogen (secondary N) is 1. The van der Waals surface area contributed by atoms with Crippen LogP contribution in [0.15, 0.2) is 24.5 Å². The van der Waals surface area contributed by atoms with Gasteiger partial charge in [-0.25, -0.2) is 0 Å². The number of rotatable bonds is 5. The molecule has 0 saturated heterocycles. The van der Waals surface area contributed by atoms with Crippen LogP contribution in [0, 0.1) is 0 Å². The molecule has 0 aliphatic carbocycles. The Kier molecular flexibility index (Phi) is 5.15. The second kappa shape index (κ2) is 7.35. The van der Waals surface area contributed by atoms with E-state index in [4.69, 9.17) is 9.47 Å². The molecule has 1 aliphatic heterocycles. The lowest BCUT2D eigenvalue weighted by atomic mass is 9.94. The van der Waals surface area contributed by atoms with E-state index in [1.54, 1.807) is 62.4 Å². The summed E-state index contributed by atoms with van der Waals surface area (Å²) < 4.78 is 12.5. The van der Waals surface area contributed by atoms with Gasteiger partial charge in [0.15, 0.2) is 0 Å². The topological polar surface area (TPSA) is 88.9 Å². The summed E-state index contributed by atoms with van der Waals surface area (Å²) in [5.41, 5.74) is 2.22. The predicted molar refractivity (Wildman–Crippen MR) is 94.9 cm³/mol. The van der Waals surface area contributed by atoms with Gasteiger partial charge in [0.1, 0.15) is 23.6 Å². The van der Waals surface area contributed by atoms with Crippen LogP contribution in [0.4, 0.5) is 0 Å². The smallest absolute Gasteiger partial charge is 0.244 e. The number of aliphatic hydroxyl groups excluding tert-OH is 1. The van der Waals surface area contributed by atoms with Crippen LogP contribution in [-0.4, -0.2) is 53.5 Å². The van der Waals surface area contributed by atoms with Gasteiger partial charge < -0.3 is 24.8 Å². The van der Waals surface area contributed by atoms with Gasteiger partial charge in [-0.1, -0.05) is 0 Å². The van der Waals surface area contributed by atoms with Crippen molar-refractivity contribution in [3.8, 4) is 11.5 Å². The Morgan fingerprint density at radius 3 is 2.62 bits per heavy atom. The molecule has 26 heavy (non-hydrogen) atoms. The third kappa shape index (κ3) is 3.13. The summed E-state index contributed by atoms with van der Waals surface area (Å²) in [6.07, 6.45) is 2.62. The molecular formula is C18H24N4O4. The number of nitrogens with zero attached hydrogens (tertiary/aromatic N) is 3. The molecule has 2 N–H and O–H groups in total. The Balaban J connectivity index is 1.93. The Hall–Kier alpha value is -2.58. The average Bonchev–Trinajstić information content (AvgIpc) is 3.07. The zero-order valence-electron chi connectivity index (χ0n) is 15.4. The van der Waals surface area contributed by atoms with Gasteiger partial charge in [-0.2, -0.15) is 5.10 Å². The van der Waals surface area contributed by atoms with E-state index >= 15 is 0 Å². The van der Waals surface area contributed by atoms with Crippen molar-refractivity contribution in [2.75, 3.05) is 27.8 Å². The molecule has 8 heteroatoms. The number of likely N-dealkylation sites (N-methyl/N-ethyl adjacent to an activating group) is 1. The van der Waals surface area contributed by atoms with E-state index in [0.717, 1.165) is 11.1 Å². The number of carbonyl (C=O) groups excluding carboxylic acids is 1. The Morgan fingerprint density at radius 2 is 2.04 bits per heavy atom.